The van der Waals surface area contributed by atoms with E-state index in [2.05, 4.69) is 456 Å². The van der Waals surface area contributed by atoms with Crippen LogP contribution in [0.25, 0.3) is 122 Å². The predicted molar refractivity (Wildman–Crippen MR) is 474 cm³/mol. The molecule has 2 atom stereocenters. The van der Waals surface area contributed by atoms with Crippen LogP contribution in [-0.4, -0.2) is 9.13 Å². The third-order valence-electron chi connectivity index (χ3n) is 24.8. The van der Waals surface area contributed by atoms with Crippen LogP contribution in [-0.2, 0) is 10.8 Å². The monoisotopic (exact) mass is 1450 g/mol. The van der Waals surface area contributed by atoms with Crippen molar-refractivity contribution in [2.75, 3.05) is 9.80 Å². The van der Waals surface area contributed by atoms with Crippen molar-refractivity contribution < 1.29 is 0 Å². The number of rotatable bonds is 10. The fourth-order valence-electron chi connectivity index (χ4n) is 20.1. The van der Waals surface area contributed by atoms with Crippen LogP contribution < -0.4 is 9.80 Å². The minimum atomic E-state index is -0.537. The minimum absolute atomic E-state index is 0.513. The van der Waals surface area contributed by atoms with Crippen LogP contribution >= 0.6 is 0 Å². The minimum Gasteiger partial charge on any atom is -0.310 e. The Labute approximate surface area is 662 Å². The van der Waals surface area contributed by atoms with Gasteiger partial charge in [-0.15, -0.1) is 0 Å². The van der Waals surface area contributed by atoms with Gasteiger partial charge in [0.1, 0.15) is 0 Å². The summed E-state index contributed by atoms with van der Waals surface area (Å²) in [5.74, 6) is 0. The summed E-state index contributed by atoms with van der Waals surface area (Å²) >= 11 is 0. The molecule has 532 valence electrons. The molecule has 24 rings (SSSR count). The molecular weight excluding hydrogens is 1380 g/mol. The molecule has 0 saturated heterocycles. The zero-order valence-corrected chi connectivity index (χ0v) is 62.4. The van der Waals surface area contributed by atoms with Gasteiger partial charge in [0, 0.05) is 55.5 Å². The lowest BCUT2D eigenvalue weighted by Crippen LogP contribution is -2.33. The van der Waals surface area contributed by atoms with Crippen molar-refractivity contribution >= 4 is 77.7 Å². The number of nitrogens with zero attached hydrogens (tertiary/aromatic N) is 4. The molecule has 114 heavy (non-hydrogen) atoms. The number of benzene rings is 18. The van der Waals surface area contributed by atoms with E-state index in [0.717, 1.165) is 34.1 Å². The first-order chi connectivity index (χ1) is 56.6. The normalized spacial score (nSPS) is 14.7. The molecule has 2 spiro atoms. The average molecular weight is 1450 g/mol. The van der Waals surface area contributed by atoms with E-state index in [1.54, 1.807) is 0 Å². The lowest BCUT2D eigenvalue weighted by Gasteiger charge is -2.40. The largest absolute Gasteiger partial charge is 0.310 e. The lowest BCUT2D eigenvalue weighted by atomic mass is 9.65. The van der Waals surface area contributed by atoms with Gasteiger partial charge >= 0.3 is 0 Å². The quantitative estimate of drug-likeness (QED) is 0.136. The zero-order valence-electron chi connectivity index (χ0n) is 62.4. The summed E-state index contributed by atoms with van der Waals surface area (Å²) in [7, 11) is 0. The van der Waals surface area contributed by atoms with Crippen molar-refractivity contribution in [1.82, 2.24) is 9.13 Å². The zero-order chi connectivity index (χ0) is 75.0. The molecule has 0 amide bonds. The Balaban J connectivity index is 0.000000135. The van der Waals surface area contributed by atoms with Gasteiger partial charge in [0.25, 0.3) is 0 Å². The van der Waals surface area contributed by atoms with E-state index in [4.69, 9.17) is 0 Å². The van der Waals surface area contributed by atoms with E-state index in [1.165, 1.54) is 166 Å². The van der Waals surface area contributed by atoms with Crippen LogP contribution in [0.5, 0.6) is 0 Å². The molecule has 2 aromatic heterocycles. The molecule has 4 heterocycles. The summed E-state index contributed by atoms with van der Waals surface area (Å²) in [6.45, 7) is 0. The highest BCUT2D eigenvalue weighted by Gasteiger charge is 2.53. The van der Waals surface area contributed by atoms with Crippen molar-refractivity contribution in [1.29, 1.82) is 0 Å². The first kappa shape index (κ1) is 65.1. The molecule has 4 heteroatoms. The highest BCUT2D eigenvalue weighted by atomic mass is 15.2. The van der Waals surface area contributed by atoms with Gasteiger partial charge in [-0.05, 0) is 197 Å². The molecule has 2 aliphatic carbocycles. The van der Waals surface area contributed by atoms with Gasteiger partial charge in [-0.3, -0.25) is 0 Å². The van der Waals surface area contributed by atoms with Crippen molar-refractivity contribution in [2.45, 2.75) is 10.8 Å². The van der Waals surface area contributed by atoms with Crippen molar-refractivity contribution in [3.63, 3.8) is 0 Å². The molecular formula is C110H72N4. The van der Waals surface area contributed by atoms with Gasteiger partial charge in [-0.25, -0.2) is 0 Å². The Morgan fingerprint density at radius 2 is 0.482 bits per heavy atom. The second kappa shape index (κ2) is 25.9. The first-order valence-corrected chi connectivity index (χ1v) is 39.5. The van der Waals surface area contributed by atoms with E-state index in [1.807, 2.05) is 0 Å². The van der Waals surface area contributed by atoms with Gasteiger partial charge in [0.05, 0.1) is 50.0 Å². The third kappa shape index (κ3) is 9.58. The number of hydrogen-bond donors (Lipinski definition) is 0. The van der Waals surface area contributed by atoms with E-state index in [-0.39, 0.29) is 0 Å². The summed E-state index contributed by atoms with van der Waals surface area (Å²) < 4.78 is 5.03. The van der Waals surface area contributed by atoms with Crippen molar-refractivity contribution in [2.24, 2.45) is 0 Å². The Morgan fingerprint density at radius 1 is 0.175 bits per heavy atom. The summed E-state index contributed by atoms with van der Waals surface area (Å²) in [5.41, 5.74) is 38.5. The second-order valence-electron chi connectivity index (χ2n) is 30.5. The lowest BCUT2D eigenvalue weighted by molar-refractivity contribution is 0.748. The molecule has 20 aromatic rings. The highest BCUT2D eigenvalue weighted by molar-refractivity contribution is 6.15. The SMILES string of the molecule is c1ccc(-c2ccc(-c3ccc(N(c4ccccc4)c4ccc5c(c4)C4(c6ccccc6-5)c5ccccc5-n5c6ccccc6c6cccc4c65)cc3)cc2)cc1.c1ccc(-c2ccc(N(c3ccc4c(c3)C3(c5ccccc5-4)c4ccccc4-n4c5ccccc5c5cccc3c54)c3ccccc3-c3ccccc3)cc2)cc1. The van der Waals surface area contributed by atoms with Crippen LogP contribution in [0.15, 0.2) is 437 Å². The van der Waals surface area contributed by atoms with Crippen LogP contribution in [0.1, 0.15) is 44.5 Å². The molecule has 2 unspecified atom stereocenters. The second-order valence-corrected chi connectivity index (χ2v) is 30.5. The Kier molecular flexibility index (Phi) is 14.8. The van der Waals surface area contributed by atoms with Crippen LogP contribution in [0.2, 0.25) is 0 Å². The first-order valence-electron chi connectivity index (χ1n) is 39.5. The van der Waals surface area contributed by atoms with E-state index < -0.39 is 10.8 Å². The maximum absolute atomic E-state index is 2.52. The molecule has 0 bridgehead atoms. The topological polar surface area (TPSA) is 16.3 Å². The third-order valence-corrected chi connectivity index (χ3v) is 24.8. The summed E-state index contributed by atoms with van der Waals surface area (Å²) in [6.07, 6.45) is 0. The molecule has 4 aliphatic rings. The molecule has 0 fully saturated rings. The Morgan fingerprint density at radius 3 is 0.956 bits per heavy atom. The highest BCUT2D eigenvalue weighted by Crippen LogP contribution is 2.64. The van der Waals surface area contributed by atoms with Crippen molar-refractivity contribution in [3.8, 4) is 78.1 Å². The fourth-order valence-corrected chi connectivity index (χ4v) is 20.1. The van der Waals surface area contributed by atoms with Crippen LogP contribution in [0.3, 0.4) is 0 Å². The maximum atomic E-state index is 2.52. The smallest absolute Gasteiger partial charge is 0.0755 e. The maximum Gasteiger partial charge on any atom is 0.0755 e. The standard InChI is InChI=1S/2C55H36N2/c1-3-16-37(17-4-1)38-30-32-40(33-31-38)56(51-27-12-8-20-42(51)39-18-5-2-6-19-39)41-34-35-44-43-21-7-10-24-47(43)55(50(44)36-41)48-25-11-14-29-53(48)57-52-28-13-9-22-45(52)46-23-15-26-49(55)54(46)57;1-3-14-37(15-4-1)38-26-28-39(29-27-38)40-30-32-42(33-31-40)56(41-16-5-2-6-17-41)43-34-35-45-44-18-7-9-21-48(44)55(51(45)36-43)49-22-10-12-25-53(49)57-52-24-11-8-19-46(52)47-20-13-23-50(55)54(47)57/h2*1-36H. The molecule has 18 aromatic carbocycles. The van der Waals surface area contributed by atoms with E-state index in [9.17, 15) is 0 Å². The summed E-state index contributed by atoms with van der Waals surface area (Å²) in [4.78, 5) is 4.87. The number of anilines is 6. The molecule has 0 radical (unpaired) electrons. The van der Waals surface area contributed by atoms with Crippen LogP contribution in [0, 0.1) is 0 Å². The van der Waals surface area contributed by atoms with Gasteiger partial charge < -0.3 is 18.9 Å². The molecule has 2 aliphatic heterocycles. The Hall–Kier alpha value is -14.8. The van der Waals surface area contributed by atoms with E-state index in [0.29, 0.717) is 0 Å². The summed E-state index contributed by atoms with van der Waals surface area (Å²) in [6, 6.07) is 161. The van der Waals surface area contributed by atoms with Crippen LogP contribution in [0.4, 0.5) is 34.1 Å². The van der Waals surface area contributed by atoms with Crippen molar-refractivity contribution in [3.05, 3.63) is 481 Å². The average Bonchev–Trinajstić information content (AvgIpc) is 1.50. The number of fused-ring (bicyclic) bond motifs is 24. The molecule has 0 N–H and O–H groups in total. The summed E-state index contributed by atoms with van der Waals surface area (Å²) in [5, 5.41) is 5.15. The Bertz CT molecular complexity index is 7200. The predicted octanol–water partition coefficient (Wildman–Crippen LogP) is 28.5. The van der Waals surface area contributed by atoms with Gasteiger partial charge in [-0.1, -0.05) is 346 Å². The fraction of sp³-hybridized carbons (Fsp3) is 0.0182. The van der Waals surface area contributed by atoms with Gasteiger partial charge in [0.2, 0.25) is 0 Å². The molecule has 4 nitrogen and oxygen atoms in total. The number of para-hydroxylation sites is 8. The van der Waals surface area contributed by atoms with Gasteiger partial charge in [-0.2, -0.15) is 0 Å². The number of hydrogen-bond acceptors (Lipinski definition) is 2. The van der Waals surface area contributed by atoms with E-state index >= 15 is 0 Å². The number of aromatic nitrogens is 2. The van der Waals surface area contributed by atoms with Gasteiger partial charge in [0.15, 0.2) is 0 Å². The molecule has 0 saturated carbocycles.